The third-order valence-electron chi connectivity index (χ3n) is 4.23. The third-order valence-corrected chi connectivity index (χ3v) is 4.23. The van der Waals surface area contributed by atoms with E-state index in [4.69, 9.17) is 10.3 Å². The lowest BCUT2D eigenvalue weighted by atomic mass is 9.95. The number of halogens is 1. The first-order valence-electron chi connectivity index (χ1n) is 9.13. The molecule has 2 rings (SSSR count). The van der Waals surface area contributed by atoms with Gasteiger partial charge in [0.15, 0.2) is 11.8 Å². The Morgan fingerprint density at radius 3 is 2.88 bits per heavy atom. The molecule has 1 amide bonds. The van der Waals surface area contributed by atoms with Crippen LogP contribution in [0.3, 0.4) is 0 Å². The number of likely N-dealkylation sites (tertiary alicyclic amines) is 1. The topological polar surface area (TPSA) is 110 Å². The Kier molecular flexibility index (Phi) is 9.89. The lowest BCUT2D eigenvalue weighted by Crippen LogP contribution is -2.47. The third kappa shape index (κ3) is 7.08. The molecular weight excluding hydrogens is 447 g/mol. The summed E-state index contributed by atoms with van der Waals surface area (Å²) < 4.78 is 5.26. The second-order valence-corrected chi connectivity index (χ2v) is 6.81. The van der Waals surface area contributed by atoms with Crippen LogP contribution in [0, 0.1) is 5.92 Å². The van der Waals surface area contributed by atoms with Gasteiger partial charge >= 0.3 is 0 Å². The largest absolute Gasteiger partial charge is 0.370 e. The number of aromatic nitrogens is 2. The van der Waals surface area contributed by atoms with Crippen LogP contribution in [0.1, 0.15) is 57.7 Å². The van der Waals surface area contributed by atoms with Crippen LogP contribution in [-0.2, 0) is 11.2 Å². The van der Waals surface area contributed by atoms with E-state index in [0.29, 0.717) is 31.2 Å². The summed E-state index contributed by atoms with van der Waals surface area (Å²) in [6.45, 7) is 9.26. The van der Waals surface area contributed by atoms with Crippen LogP contribution >= 0.6 is 24.0 Å². The number of carbonyl (C=O) groups is 1. The Balaban J connectivity index is 0.00000338. The van der Waals surface area contributed by atoms with Crippen molar-refractivity contribution in [2.24, 2.45) is 16.6 Å². The lowest BCUT2D eigenvalue weighted by molar-refractivity contribution is -0.119. The van der Waals surface area contributed by atoms with Gasteiger partial charge in [-0.15, -0.1) is 24.0 Å². The number of carbonyl (C=O) groups excluding carboxylic acids is 1. The van der Waals surface area contributed by atoms with Gasteiger partial charge in [0.1, 0.15) is 0 Å². The van der Waals surface area contributed by atoms with Crippen molar-refractivity contribution in [1.29, 1.82) is 0 Å². The van der Waals surface area contributed by atoms with Crippen molar-refractivity contribution in [3.63, 3.8) is 0 Å². The average molecular weight is 478 g/mol. The monoisotopic (exact) mass is 478 g/mol. The fourth-order valence-corrected chi connectivity index (χ4v) is 3.00. The Morgan fingerprint density at radius 2 is 2.27 bits per heavy atom. The Bertz CT molecular complexity index is 590. The molecule has 1 aliphatic heterocycles. The zero-order valence-corrected chi connectivity index (χ0v) is 18.2. The van der Waals surface area contributed by atoms with E-state index < -0.39 is 0 Å². The molecule has 9 heteroatoms. The number of nitrogens with one attached hydrogen (secondary N) is 1. The molecule has 0 aliphatic carbocycles. The van der Waals surface area contributed by atoms with Crippen LogP contribution in [0.4, 0.5) is 0 Å². The number of amides is 1. The summed E-state index contributed by atoms with van der Waals surface area (Å²) in [5.41, 5.74) is 5.34. The number of primary amides is 1. The molecular formula is C17H31IN6O2. The molecule has 1 saturated heterocycles. The van der Waals surface area contributed by atoms with E-state index in [1.165, 1.54) is 0 Å². The van der Waals surface area contributed by atoms with Gasteiger partial charge in [0.05, 0.1) is 6.54 Å². The second-order valence-electron chi connectivity index (χ2n) is 6.81. The van der Waals surface area contributed by atoms with Crippen molar-refractivity contribution in [3.05, 3.63) is 11.7 Å². The molecule has 1 aromatic rings. The summed E-state index contributed by atoms with van der Waals surface area (Å²) in [6.07, 6.45) is 3.14. The first-order valence-corrected chi connectivity index (χ1v) is 9.13. The maximum Gasteiger partial charge on any atom is 0.228 e. The number of piperidine rings is 1. The molecule has 1 unspecified atom stereocenters. The summed E-state index contributed by atoms with van der Waals surface area (Å²) in [4.78, 5) is 22.5. The maximum atomic E-state index is 11.2. The highest BCUT2D eigenvalue weighted by Crippen LogP contribution is 2.19. The molecule has 0 aromatic carbocycles. The van der Waals surface area contributed by atoms with Gasteiger partial charge in [-0.2, -0.15) is 4.98 Å². The minimum Gasteiger partial charge on any atom is -0.370 e. The summed E-state index contributed by atoms with van der Waals surface area (Å²) in [5.74, 6) is 2.56. The molecule has 0 radical (unpaired) electrons. The molecule has 1 aliphatic rings. The molecule has 0 spiro atoms. The summed E-state index contributed by atoms with van der Waals surface area (Å²) in [7, 11) is 0. The van der Waals surface area contributed by atoms with Gasteiger partial charge in [0.2, 0.25) is 11.8 Å². The van der Waals surface area contributed by atoms with Gasteiger partial charge in [-0.1, -0.05) is 19.0 Å². The van der Waals surface area contributed by atoms with Gasteiger partial charge in [0.25, 0.3) is 0 Å². The molecule has 8 nitrogen and oxygen atoms in total. The number of guanidine groups is 1. The molecule has 1 fully saturated rings. The van der Waals surface area contributed by atoms with Crippen molar-refractivity contribution in [1.82, 2.24) is 20.4 Å². The predicted octanol–water partition coefficient (Wildman–Crippen LogP) is 1.91. The highest BCUT2D eigenvalue weighted by molar-refractivity contribution is 14.0. The van der Waals surface area contributed by atoms with Crippen LogP contribution in [-0.4, -0.2) is 53.1 Å². The Labute approximate surface area is 172 Å². The SMILES string of the molecule is CCNC(=NCCc1nc(C(C)C)no1)N1CCCC(CC(N)=O)C1.I. The summed E-state index contributed by atoms with van der Waals surface area (Å²) in [6, 6.07) is 0. The zero-order valence-electron chi connectivity index (χ0n) is 15.9. The summed E-state index contributed by atoms with van der Waals surface area (Å²) in [5, 5.41) is 7.30. The number of nitrogens with two attached hydrogens (primary N) is 1. The number of hydrogen-bond donors (Lipinski definition) is 2. The van der Waals surface area contributed by atoms with Gasteiger partial charge in [-0.3, -0.25) is 9.79 Å². The molecule has 1 atom stereocenters. The first kappa shape index (κ1) is 22.7. The average Bonchev–Trinajstić information content (AvgIpc) is 3.03. The van der Waals surface area contributed by atoms with Crippen LogP contribution in [0.25, 0.3) is 0 Å². The molecule has 26 heavy (non-hydrogen) atoms. The Hall–Kier alpha value is -1.39. The highest BCUT2D eigenvalue weighted by Gasteiger charge is 2.23. The van der Waals surface area contributed by atoms with E-state index in [1.807, 2.05) is 20.8 Å². The quantitative estimate of drug-likeness (QED) is 0.352. The maximum absolute atomic E-state index is 11.2. The number of hydrogen-bond acceptors (Lipinski definition) is 5. The van der Waals surface area contributed by atoms with Crippen LogP contribution in [0.5, 0.6) is 0 Å². The minimum absolute atomic E-state index is 0. The number of aliphatic imine (C=N–C) groups is 1. The first-order chi connectivity index (χ1) is 12.0. The smallest absolute Gasteiger partial charge is 0.228 e. The number of rotatable bonds is 7. The van der Waals surface area contributed by atoms with Gasteiger partial charge in [-0.25, -0.2) is 0 Å². The Morgan fingerprint density at radius 1 is 1.50 bits per heavy atom. The van der Waals surface area contributed by atoms with E-state index in [9.17, 15) is 4.79 Å². The van der Waals surface area contributed by atoms with Gasteiger partial charge in [-0.05, 0) is 25.7 Å². The highest BCUT2D eigenvalue weighted by atomic mass is 127. The van der Waals surface area contributed by atoms with Crippen molar-refractivity contribution in [2.75, 3.05) is 26.2 Å². The molecule has 3 N–H and O–H groups in total. The van der Waals surface area contributed by atoms with Crippen molar-refractivity contribution in [2.45, 2.75) is 52.4 Å². The van der Waals surface area contributed by atoms with E-state index in [0.717, 1.165) is 44.3 Å². The molecule has 0 bridgehead atoms. The van der Waals surface area contributed by atoms with Gasteiger partial charge < -0.3 is 20.5 Å². The van der Waals surface area contributed by atoms with Crippen LogP contribution in [0.2, 0.25) is 0 Å². The second kappa shape index (κ2) is 11.3. The standard InChI is InChI=1S/C17H30N6O2.HI/c1-4-19-17(23-9-5-6-13(11-23)10-14(18)24)20-8-7-15-21-16(12(2)3)22-25-15;/h12-13H,4-11H2,1-3H3,(H2,18,24)(H,19,20);1H. The number of nitrogens with zero attached hydrogens (tertiary/aromatic N) is 4. The van der Waals surface area contributed by atoms with Crippen molar-refractivity contribution >= 4 is 35.8 Å². The molecule has 148 valence electrons. The molecule has 1 aromatic heterocycles. The van der Waals surface area contributed by atoms with Crippen molar-refractivity contribution < 1.29 is 9.32 Å². The fraction of sp³-hybridized carbons (Fsp3) is 0.765. The minimum atomic E-state index is -0.230. The molecule has 0 saturated carbocycles. The fourth-order valence-electron chi connectivity index (χ4n) is 3.00. The zero-order chi connectivity index (χ0) is 18.2. The predicted molar refractivity (Wildman–Crippen MR) is 112 cm³/mol. The lowest BCUT2D eigenvalue weighted by Gasteiger charge is -2.34. The van der Waals surface area contributed by atoms with E-state index >= 15 is 0 Å². The normalized spacial score (nSPS) is 17.9. The van der Waals surface area contributed by atoms with Crippen molar-refractivity contribution in [3.8, 4) is 0 Å². The van der Waals surface area contributed by atoms with E-state index in [2.05, 4.69) is 25.3 Å². The van der Waals surface area contributed by atoms with Crippen LogP contribution < -0.4 is 11.1 Å². The van der Waals surface area contributed by atoms with E-state index in [-0.39, 0.29) is 35.8 Å². The molecule has 2 heterocycles. The van der Waals surface area contributed by atoms with E-state index in [1.54, 1.807) is 0 Å². The van der Waals surface area contributed by atoms with Gasteiger partial charge in [0, 0.05) is 38.4 Å². The van der Waals surface area contributed by atoms with Crippen LogP contribution in [0.15, 0.2) is 9.52 Å². The summed E-state index contributed by atoms with van der Waals surface area (Å²) >= 11 is 0.